The van der Waals surface area contributed by atoms with Crippen LogP contribution in [0.1, 0.15) is 20.3 Å². The molecule has 0 atom stereocenters. The van der Waals surface area contributed by atoms with E-state index >= 15 is 0 Å². The van der Waals surface area contributed by atoms with Gasteiger partial charge in [-0.3, -0.25) is 5.32 Å². The number of rotatable bonds is 4. The van der Waals surface area contributed by atoms with Crippen LogP contribution < -0.4 is 11.1 Å². The second-order valence-corrected chi connectivity index (χ2v) is 4.89. The van der Waals surface area contributed by atoms with E-state index in [-0.39, 0.29) is 12.0 Å². The van der Waals surface area contributed by atoms with Crippen molar-refractivity contribution in [3.05, 3.63) is 28.2 Å². The van der Waals surface area contributed by atoms with Crippen molar-refractivity contribution in [2.45, 2.75) is 20.3 Å². The smallest absolute Gasteiger partial charge is 0.324 e. The number of nitrogens with two attached hydrogens (primary N) is 1. The minimum Gasteiger partial charge on any atom is -0.369 e. The zero-order valence-corrected chi connectivity index (χ0v) is 13.0. The third-order valence-corrected chi connectivity index (χ3v) is 3.18. The predicted molar refractivity (Wildman–Crippen MR) is 83.8 cm³/mol. The molecule has 0 aromatic heterocycles. The van der Waals surface area contributed by atoms with Crippen molar-refractivity contribution < 1.29 is 4.79 Å². The van der Waals surface area contributed by atoms with E-state index in [9.17, 15) is 4.79 Å². The van der Waals surface area contributed by atoms with Gasteiger partial charge in [0.25, 0.3) is 0 Å². The summed E-state index contributed by atoms with van der Waals surface area (Å²) in [4.78, 5) is 17.6. The fourth-order valence-corrected chi connectivity index (χ4v) is 2.09. The first-order chi connectivity index (χ1) is 9.49. The van der Waals surface area contributed by atoms with E-state index in [2.05, 4.69) is 10.3 Å². The number of guanidine groups is 1. The Morgan fingerprint density at radius 1 is 1.35 bits per heavy atom. The molecule has 0 heterocycles. The Bertz CT molecular complexity index is 485. The molecule has 0 fully saturated rings. The van der Waals surface area contributed by atoms with Crippen LogP contribution in [-0.2, 0) is 0 Å². The quantitative estimate of drug-likeness (QED) is 0.660. The molecule has 0 aliphatic carbocycles. The van der Waals surface area contributed by atoms with Crippen LogP contribution in [0.2, 0.25) is 10.0 Å². The van der Waals surface area contributed by atoms with Gasteiger partial charge < -0.3 is 10.6 Å². The zero-order chi connectivity index (χ0) is 15.1. The van der Waals surface area contributed by atoms with Crippen molar-refractivity contribution in [1.29, 1.82) is 0 Å². The maximum atomic E-state index is 11.9. The fourth-order valence-electron chi connectivity index (χ4n) is 1.61. The van der Waals surface area contributed by atoms with Crippen LogP contribution in [-0.4, -0.2) is 30.0 Å². The number of para-hydroxylation sites is 1. The average molecular weight is 317 g/mol. The lowest BCUT2D eigenvalue weighted by atomic mass is 10.3. The highest BCUT2D eigenvalue weighted by molar-refractivity contribution is 6.38. The molecule has 0 saturated heterocycles. The van der Waals surface area contributed by atoms with Crippen molar-refractivity contribution >= 4 is 40.9 Å². The van der Waals surface area contributed by atoms with Crippen LogP contribution in [0.5, 0.6) is 0 Å². The molecule has 0 bridgehead atoms. The number of benzene rings is 1. The summed E-state index contributed by atoms with van der Waals surface area (Å²) < 4.78 is 0. The number of amides is 2. The summed E-state index contributed by atoms with van der Waals surface area (Å²) in [7, 11) is 0. The molecule has 20 heavy (non-hydrogen) atoms. The van der Waals surface area contributed by atoms with Gasteiger partial charge in [0.05, 0.1) is 10.0 Å². The molecule has 5 nitrogen and oxygen atoms in total. The van der Waals surface area contributed by atoms with Crippen LogP contribution in [0, 0.1) is 0 Å². The van der Waals surface area contributed by atoms with Gasteiger partial charge >= 0.3 is 6.03 Å². The summed E-state index contributed by atoms with van der Waals surface area (Å²) in [6.45, 7) is 5.15. The first-order valence-corrected chi connectivity index (χ1v) is 7.09. The normalized spacial score (nSPS) is 11.3. The van der Waals surface area contributed by atoms with Crippen LogP contribution in [0.25, 0.3) is 0 Å². The Balaban J connectivity index is 2.82. The topological polar surface area (TPSA) is 70.7 Å². The average Bonchev–Trinajstić information content (AvgIpc) is 2.40. The van der Waals surface area contributed by atoms with Crippen LogP contribution in [0.3, 0.4) is 0 Å². The van der Waals surface area contributed by atoms with E-state index in [0.717, 1.165) is 6.42 Å². The highest BCUT2D eigenvalue weighted by Gasteiger charge is 2.12. The fraction of sp³-hybridized carbons (Fsp3) is 0.385. The largest absolute Gasteiger partial charge is 0.369 e. The minimum atomic E-state index is -0.293. The minimum absolute atomic E-state index is 0.0421. The molecule has 0 radical (unpaired) electrons. The van der Waals surface area contributed by atoms with Gasteiger partial charge in [0.1, 0.15) is 5.69 Å². The number of carbonyl (C=O) groups excluding carboxylic acids is 1. The van der Waals surface area contributed by atoms with Crippen LogP contribution >= 0.6 is 23.2 Å². The summed E-state index contributed by atoms with van der Waals surface area (Å²) >= 11 is 12.0. The highest BCUT2D eigenvalue weighted by Crippen LogP contribution is 2.32. The number of nitrogens with one attached hydrogen (secondary N) is 1. The van der Waals surface area contributed by atoms with Crippen molar-refractivity contribution in [3.63, 3.8) is 0 Å². The summed E-state index contributed by atoms with van der Waals surface area (Å²) in [5.74, 6) is -0.0421. The molecular weight excluding hydrogens is 299 g/mol. The van der Waals surface area contributed by atoms with Gasteiger partial charge in [0.2, 0.25) is 5.96 Å². The van der Waals surface area contributed by atoms with Gasteiger partial charge in [-0.2, -0.15) is 0 Å². The zero-order valence-electron chi connectivity index (χ0n) is 11.5. The van der Waals surface area contributed by atoms with E-state index in [1.54, 1.807) is 23.1 Å². The first-order valence-electron chi connectivity index (χ1n) is 6.33. The van der Waals surface area contributed by atoms with Crippen molar-refractivity contribution in [2.75, 3.05) is 13.1 Å². The molecule has 1 aromatic carbocycles. The molecular formula is C13H18Cl2N4O. The number of hydrogen-bond donors (Lipinski definition) is 2. The van der Waals surface area contributed by atoms with Gasteiger partial charge in [-0.15, -0.1) is 0 Å². The van der Waals surface area contributed by atoms with Gasteiger partial charge in [-0.05, 0) is 25.5 Å². The number of urea groups is 1. The molecule has 1 rings (SSSR count). The molecule has 0 aliphatic rings. The first kappa shape index (κ1) is 16.6. The van der Waals surface area contributed by atoms with Gasteiger partial charge in [0, 0.05) is 13.1 Å². The standard InChI is InChI=1S/C13H18Cl2N4O/c1-3-8-19(4-2)13(20)18-12(16)17-11-9(14)6-5-7-10(11)15/h5-7H,3-4,8H2,1-2H3,(H3,16,17,18,20). The molecule has 0 saturated carbocycles. The number of aliphatic imine (C=N–C) groups is 1. The van der Waals surface area contributed by atoms with Crippen LogP contribution in [0.4, 0.5) is 10.5 Å². The van der Waals surface area contributed by atoms with Gasteiger partial charge in [-0.1, -0.05) is 36.2 Å². The Morgan fingerprint density at radius 3 is 2.45 bits per heavy atom. The molecule has 2 amide bonds. The highest BCUT2D eigenvalue weighted by atomic mass is 35.5. The van der Waals surface area contributed by atoms with E-state index in [4.69, 9.17) is 28.9 Å². The van der Waals surface area contributed by atoms with E-state index in [1.165, 1.54) is 0 Å². The lowest BCUT2D eigenvalue weighted by Crippen LogP contribution is -2.46. The van der Waals surface area contributed by atoms with Crippen molar-refractivity contribution in [1.82, 2.24) is 10.2 Å². The number of nitrogens with zero attached hydrogens (tertiary/aromatic N) is 2. The summed E-state index contributed by atoms with van der Waals surface area (Å²) in [6.07, 6.45) is 0.870. The molecule has 110 valence electrons. The maximum absolute atomic E-state index is 11.9. The van der Waals surface area contributed by atoms with E-state index in [1.807, 2.05) is 13.8 Å². The van der Waals surface area contributed by atoms with Crippen molar-refractivity contribution in [2.24, 2.45) is 10.7 Å². The molecule has 1 aromatic rings. The Labute approximate surface area is 128 Å². The Morgan fingerprint density at radius 2 is 1.95 bits per heavy atom. The maximum Gasteiger partial charge on any atom is 0.324 e. The number of halogens is 2. The second kappa shape index (κ2) is 7.97. The summed E-state index contributed by atoms with van der Waals surface area (Å²) in [5, 5.41) is 3.26. The number of hydrogen-bond acceptors (Lipinski definition) is 2. The Hall–Kier alpha value is -1.46. The third-order valence-electron chi connectivity index (χ3n) is 2.57. The lowest BCUT2D eigenvalue weighted by Gasteiger charge is -2.20. The van der Waals surface area contributed by atoms with Gasteiger partial charge in [0.15, 0.2) is 0 Å². The third kappa shape index (κ3) is 4.58. The van der Waals surface area contributed by atoms with Gasteiger partial charge in [-0.25, -0.2) is 9.79 Å². The molecule has 7 heteroatoms. The second-order valence-electron chi connectivity index (χ2n) is 4.08. The monoisotopic (exact) mass is 316 g/mol. The molecule has 0 spiro atoms. The number of carbonyl (C=O) groups is 1. The SMILES string of the molecule is CCCN(CC)C(=O)NC(N)=Nc1c(Cl)cccc1Cl. The summed E-state index contributed by atoms with van der Waals surface area (Å²) in [6, 6.07) is 4.71. The molecule has 0 aliphatic heterocycles. The van der Waals surface area contributed by atoms with Crippen molar-refractivity contribution in [3.8, 4) is 0 Å². The van der Waals surface area contributed by atoms with E-state index < -0.39 is 0 Å². The Kier molecular flexibility index (Phi) is 6.61. The lowest BCUT2D eigenvalue weighted by molar-refractivity contribution is 0.206. The molecule has 0 unspecified atom stereocenters. The van der Waals surface area contributed by atoms with Crippen LogP contribution in [0.15, 0.2) is 23.2 Å². The van der Waals surface area contributed by atoms with E-state index in [0.29, 0.717) is 28.8 Å². The summed E-state index contributed by atoms with van der Waals surface area (Å²) in [5.41, 5.74) is 6.05. The molecule has 3 N–H and O–H groups in total. The predicted octanol–water partition coefficient (Wildman–Crippen LogP) is 3.38.